The standard InChI is InChI=1S/C20H17N5O/c1-14-6-5-7-15(12-14)13-21-18-11-10-17(23-24-18)20-22-19(25-26-20)16-8-3-2-4-9-16/h2-12H,13H2,1H3,(H,21,24). The summed E-state index contributed by atoms with van der Waals surface area (Å²) in [6.45, 7) is 2.76. The molecule has 2 aromatic carbocycles. The van der Waals surface area contributed by atoms with Crippen molar-refractivity contribution < 1.29 is 4.52 Å². The molecule has 0 spiro atoms. The van der Waals surface area contributed by atoms with Gasteiger partial charge in [0.2, 0.25) is 5.82 Å². The summed E-state index contributed by atoms with van der Waals surface area (Å²) in [5, 5.41) is 15.6. The SMILES string of the molecule is Cc1cccc(CNc2ccc(-c3nc(-c4ccccc4)no3)nn2)c1. The van der Waals surface area contributed by atoms with E-state index in [4.69, 9.17) is 4.52 Å². The zero-order chi connectivity index (χ0) is 17.8. The number of rotatable bonds is 5. The number of nitrogens with one attached hydrogen (secondary N) is 1. The molecule has 0 aliphatic rings. The van der Waals surface area contributed by atoms with Gasteiger partial charge in [-0.3, -0.25) is 0 Å². The molecule has 4 rings (SSSR count). The molecule has 0 bridgehead atoms. The maximum Gasteiger partial charge on any atom is 0.278 e. The maximum atomic E-state index is 5.30. The van der Waals surface area contributed by atoms with Crippen molar-refractivity contribution in [2.45, 2.75) is 13.5 Å². The fraction of sp³-hybridized carbons (Fsp3) is 0.100. The number of benzene rings is 2. The monoisotopic (exact) mass is 343 g/mol. The van der Waals surface area contributed by atoms with Gasteiger partial charge in [0.15, 0.2) is 5.69 Å². The lowest BCUT2D eigenvalue weighted by molar-refractivity contribution is 0.430. The van der Waals surface area contributed by atoms with Crippen molar-refractivity contribution in [3.05, 3.63) is 77.9 Å². The minimum atomic E-state index is 0.349. The van der Waals surface area contributed by atoms with Gasteiger partial charge in [0.25, 0.3) is 5.89 Å². The van der Waals surface area contributed by atoms with Crippen LogP contribution < -0.4 is 5.32 Å². The zero-order valence-corrected chi connectivity index (χ0v) is 14.3. The van der Waals surface area contributed by atoms with Gasteiger partial charge >= 0.3 is 0 Å². The molecular formula is C20H17N5O. The average molecular weight is 343 g/mol. The maximum absolute atomic E-state index is 5.30. The van der Waals surface area contributed by atoms with Crippen LogP contribution in [0.3, 0.4) is 0 Å². The van der Waals surface area contributed by atoms with Gasteiger partial charge in [0.1, 0.15) is 5.82 Å². The Morgan fingerprint density at radius 3 is 2.58 bits per heavy atom. The molecule has 2 aromatic heterocycles. The van der Waals surface area contributed by atoms with Crippen LogP contribution in [0, 0.1) is 6.92 Å². The van der Waals surface area contributed by atoms with Crippen LogP contribution in [0.2, 0.25) is 0 Å². The van der Waals surface area contributed by atoms with Crippen molar-refractivity contribution in [2.24, 2.45) is 0 Å². The number of hydrogen-bond acceptors (Lipinski definition) is 6. The molecule has 26 heavy (non-hydrogen) atoms. The summed E-state index contributed by atoms with van der Waals surface area (Å²) in [6.07, 6.45) is 0. The second kappa shape index (κ2) is 7.14. The molecule has 0 atom stereocenters. The first-order valence-corrected chi connectivity index (χ1v) is 8.30. The van der Waals surface area contributed by atoms with E-state index in [0.717, 1.165) is 5.56 Å². The van der Waals surface area contributed by atoms with E-state index in [1.807, 2.05) is 48.5 Å². The van der Waals surface area contributed by atoms with Crippen LogP contribution in [-0.4, -0.2) is 20.3 Å². The lowest BCUT2D eigenvalue weighted by Crippen LogP contribution is -2.02. The van der Waals surface area contributed by atoms with E-state index < -0.39 is 0 Å². The summed E-state index contributed by atoms with van der Waals surface area (Å²) in [7, 11) is 0. The van der Waals surface area contributed by atoms with Gasteiger partial charge in [-0.15, -0.1) is 10.2 Å². The number of nitrogens with zero attached hydrogens (tertiary/aromatic N) is 4. The van der Waals surface area contributed by atoms with E-state index >= 15 is 0 Å². The van der Waals surface area contributed by atoms with E-state index in [1.54, 1.807) is 0 Å². The Labute approximate surface area is 150 Å². The van der Waals surface area contributed by atoms with E-state index in [2.05, 4.69) is 50.8 Å². The van der Waals surface area contributed by atoms with Crippen LogP contribution in [-0.2, 0) is 6.54 Å². The molecule has 0 aliphatic heterocycles. The topological polar surface area (TPSA) is 76.7 Å². The van der Waals surface area contributed by atoms with Gasteiger partial charge in [-0.1, -0.05) is 65.3 Å². The lowest BCUT2D eigenvalue weighted by atomic mass is 10.1. The second-order valence-electron chi connectivity index (χ2n) is 5.94. The first-order valence-electron chi connectivity index (χ1n) is 8.30. The molecule has 0 saturated heterocycles. The number of hydrogen-bond donors (Lipinski definition) is 1. The summed E-state index contributed by atoms with van der Waals surface area (Å²) in [5.74, 6) is 1.57. The van der Waals surface area contributed by atoms with Gasteiger partial charge in [0, 0.05) is 12.1 Å². The highest BCUT2D eigenvalue weighted by molar-refractivity contribution is 5.57. The normalized spacial score (nSPS) is 10.7. The summed E-state index contributed by atoms with van der Waals surface area (Å²) < 4.78 is 5.30. The summed E-state index contributed by atoms with van der Waals surface area (Å²) in [6, 6.07) is 21.7. The molecular weight excluding hydrogens is 326 g/mol. The molecule has 0 saturated carbocycles. The van der Waals surface area contributed by atoms with E-state index in [0.29, 0.717) is 29.8 Å². The first-order chi connectivity index (χ1) is 12.8. The number of anilines is 1. The van der Waals surface area contributed by atoms with Crippen LogP contribution in [0.25, 0.3) is 23.0 Å². The van der Waals surface area contributed by atoms with E-state index in [-0.39, 0.29) is 0 Å². The van der Waals surface area contributed by atoms with Crippen molar-refractivity contribution in [1.82, 2.24) is 20.3 Å². The van der Waals surface area contributed by atoms with Crippen molar-refractivity contribution in [3.63, 3.8) is 0 Å². The molecule has 128 valence electrons. The Morgan fingerprint density at radius 1 is 0.923 bits per heavy atom. The summed E-state index contributed by atoms with van der Waals surface area (Å²) in [4.78, 5) is 4.38. The quantitative estimate of drug-likeness (QED) is 0.587. The van der Waals surface area contributed by atoms with Crippen LogP contribution in [0.15, 0.2) is 71.3 Å². The summed E-state index contributed by atoms with van der Waals surface area (Å²) in [5.41, 5.74) is 3.87. The highest BCUT2D eigenvalue weighted by Gasteiger charge is 2.12. The number of aromatic nitrogens is 4. The van der Waals surface area contributed by atoms with Crippen LogP contribution in [0.1, 0.15) is 11.1 Å². The van der Waals surface area contributed by atoms with Crippen LogP contribution in [0.4, 0.5) is 5.82 Å². The average Bonchev–Trinajstić information content (AvgIpc) is 3.18. The molecule has 0 amide bonds. The van der Waals surface area contributed by atoms with Crippen LogP contribution >= 0.6 is 0 Å². The minimum Gasteiger partial charge on any atom is -0.365 e. The molecule has 6 heteroatoms. The minimum absolute atomic E-state index is 0.349. The molecule has 0 radical (unpaired) electrons. The predicted octanol–water partition coefficient (Wildman–Crippen LogP) is 4.11. The third kappa shape index (κ3) is 3.59. The van der Waals surface area contributed by atoms with E-state index in [1.165, 1.54) is 11.1 Å². The highest BCUT2D eigenvalue weighted by atomic mass is 16.5. The highest BCUT2D eigenvalue weighted by Crippen LogP contribution is 2.20. The van der Waals surface area contributed by atoms with Crippen molar-refractivity contribution in [3.8, 4) is 23.0 Å². The van der Waals surface area contributed by atoms with Gasteiger partial charge in [-0.2, -0.15) is 4.98 Å². The second-order valence-corrected chi connectivity index (χ2v) is 5.94. The smallest absolute Gasteiger partial charge is 0.278 e. The van der Waals surface area contributed by atoms with Gasteiger partial charge in [0.05, 0.1) is 0 Å². The van der Waals surface area contributed by atoms with Gasteiger partial charge in [-0.05, 0) is 24.6 Å². The molecule has 0 unspecified atom stereocenters. The Kier molecular flexibility index (Phi) is 4.38. The third-order valence-corrected chi connectivity index (χ3v) is 3.90. The molecule has 1 N–H and O–H groups in total. The number of aryl methyl sites for hydroxylation is 1. The summed E-state index contributed by atoms with van der Waals surface area (Å²) >= 11 is 0. The fourth-order valence-corrected chi connectivity index (χ4v) is 2.59. The Hall–Kier alpha value is -3.54. The Balaban J connectivity index is 1.45. The van der Waals surface area contributed by atoms with Gasteiger partial charge < -0.3 is 9.84 Å². The zero-order valence-electron chi connectivity index (χ0n) is 14.3. The Morgan fingerprint density at radius 2 is 1.81 bits per heavy atom. The molecule has 6 nitrogen and oxygen atoms in total. The fourth-order valence-electron chi connectivity index (χ4n) is 2.59. The van der Waals surface area contributed by atoms with Crippen molar-refractivity contribution in [1.29, 1.82) is 0 Å². The van der Waals surface area contributed by atoms with Crippen molar-refractivity contribution in [2.75, 3.05) is 5.32 Å². The third-order valence-electron chi connectivity index (χ3n) is 3.90. The Bertz CT molecular complexity index is 996. The predicted molar refractivity (Wildman–Crippen MR) is 99.3 cm³/mol. The van der Waals surface area contributed by atoms with Gasteiger partial charge in [-0.25, -0.2) is 0 Å². The van der Waals surface area contributed by atoms with E-state index in [9.17, 15) is 0 Å². The first kappa shape index (κ1) is 16.0. The lowest BCUT2D eigenvalue weighted by Gasteiger charge is -2.05. The molecule has 0 fully saturated rings. The van der Waals surface area contributed by atoms with Crippen molar-refractivity contribution >= 4 is 5.82 Å². The molecule has 0 aliphatic carbocycles. The molecule has 2 heterocycles. The molecule has 4 aromatic rings. The largest absolute Gasteiger partial charge is 0.365 e. The van der Waals surface area contributed by atoms with Crippen LogP contribution in [0.5, 0.6) is 0 Å².